The number of likely N-dealkylation sites (N-methyl/N-ethyl adjacent to an activating group) is 1. The fourth-order valence-electron chi connectivity index (χ4n) is 6.48. The lowest BCUT2D eigenvalue weighted by atomic mass is 9.52. The van der Waals surface area contributed by atoms with Crippen LogP contribution in [0.2, 0.25) is 5.02 Å². The number of carbonyl (C=O) groups is 6. The number of ether oxygens (including phenoxy) is 1. The first-order chi connectivity index (χ1) is 18.8. The smallest absolute Gasteiger partial charge is 0.338 e. The Labute approximate surface area is 232 Å². The lowest BCUT2D eigenvalue weighted by Crippen LogP contribution is -2.74. The van der Waals surface area contributed by atoms with Crippen LogP contribution in [0.3, 0.4) is 0 Å². The maximum atomic E-state index is 14.1. The van der Waals surface area contributed by atoms with Crippen molar-refractivity contribution in [2.45, 2.75) is 24.2 Å². The number of phenols is 1. The molecule has 208 valence electrons. The number of nitrogens with zero attached hydrogens (tertiary/aromatic N) is 1. The SMILES string of the molecule is CN(C)[C@@H]1C(=O)C(C(N)=O)C(=O)[C@@]2(O)C(=O)C3C(=O)c4c(O)ccc(Cl)c4[C@@H](OC(=O)c4ccccc4)[C@H]3C[C@@H]12. The van der Waals surface area contributed by atoms with Crippen LogP contribution >= 0.6 is 11.6 Å². The fraction of sp³-hybridized carbons (Fsp3) is 0.357. The number of hydrogen-bond acceptors (Lipinski definition) is 10. The van der Waals surface area contributed by atoms with Crippen molar-refractivity contribution in [3.8, 4) is 5.75 Å². The number of carbonyl (C=O) groups excluding carboxylic acids is 6. The van der Waals surface area contributed by atoms with Gasteiger partial charge in [-0.25, -0.2) is 4.79 Å². The number of aliphatic hydroxyl groups is 1. The van der Waals surface area contributed by atoms with Gasteiger partial charge in [-0.3, -0.25) is 28.9 Å². The largest absolute Gasteiger partial charge is 0.507 e. The average molecular weight is 569 g/mol. The van der Waals surface area contributed by atoms with E-state index in [9.17, 15) is 39.0 Å². The van der Waals surface area contributed by atoms with Gasteiger partial charge in [0.05, 0.1) is 23.1 Å². The number of rotatable bonds is 4. The lowest BCUT2D eigenvalue weighted by Gasteiger charge is -2.53. The summed E-state index contributed by atoms with van der Waals surface area (Å²) >= 11 is 6.46. The predicted molar refractivity (Wildman–Crippen MR) is 137 cm³/mol. The van der Waals surface area contributed by atoms with Gasteiger partial charge < -0.3 is 20.7 Å². The van der Waals surface area contributed by atoms with Gasteiger partial charge in [-0.1, -0.05) is 29.8 Å². The third-order valence-corrected chi connectivity index (χ3v) is 8.53. The molecule has 0 radical (unpaired) electrons. The highest BCUT2D eigenvalue weighted by Crippen LogP contribution is 2.56. The summed E-state index contributed by atoms with van der Waals surface area (Å²) in [6, 6.07) is 9.02. The molecular weight excluding hydrogens is 544 g/mol. The van der Waals surface area contributed by atoms with E-state index in [-0.39, 0.29) is 28.1 Å². The van der Waals surface area contributed by atoms with Gasteiger partial charge in [0.2, 0.25) is 5.91 Å². The summed E-state index contributed by atoms with van der Waals surface area (Å²) in [6.45, 7) is 0. The summed E-state index contributed by atoms with van der Waals surface area (Å²) in [5, 5.41) is 22.3. The van der Waals surface area contributed by atoms with Crippen LogP contribution in [0.25, 0.3) is 0 Å². The van der Waals surface area contributed by atoms with E-state index in [1.807, 2.05) is 0 Å². The van der Waals surface area contributed by atoms with E-state index in [2.05, 4.69) is 0 Å². The first kappa shape index (κ1) is 27.6. The number of esters is 1. The van der Waals surface area contributed by atoms with Crippen molar-refractivity contribution in [2.75, 3.05) is 14.1 Å². The molecule has 4 N–H and O–H groups in total. The number of nitrogens with two attached hydrogens (primary N) is 1. The molecule has 3 aliphatic carbocycles. The Bertz CT molecular complexity index is 1490. The minimum atomic E-state index is -2.92. The Kier molecular flexibility index (Phi) is 6.64. The van der Waals surface area contributed by atoms with Gasteiger partial charge in [0.1, 0.15) is 11.9 Å². The molecule has 0 saturated heterocycles. The topological polar surface area (TPSA) is 181 Å². The van der Waals surface area contributed by atoms with E-state index in [0.717, 1.165) is 6.07 Å². The first-order valence-corrected chi connectivity index (χ1v) is 12.8. The van der Waals surface area contributed by atoms with Gasteiger partial charge in [0.15, 0.2) is 34.7 Å². The summed E-state index contributed by atoms with van der Waals surface area (Å²) in [5.41, 5.74) is 2.16. The summed E-state index contributed by atoms with van der Waals surface area (Å²) in [6.07, 6.45) is -1.69. The lowest BCUT2D eigenvalue weighted by molar-refractivity contribution is -0.184. The molecule has 3 aliphatic rings. The van der Waals surface area contributed by atoms with Crippen molar-refractivity contribution < 1.29 is 43.7 Å². The molecule has 2 unspecified atom stereocenters. The van der Waals surface area contributed by atoms with Gasteiger partial charge in [-0.05, 0) is 44.8 Å². The zero-order chi connectivity index (χ0) is 29.3. The standard InChI is InChI=1S/C28H25ClN2O9/c1-31(2)20-13-10-12-16(24(35)28(13,39)25(36)19(22(20)34)26(30)37)21(33)18-15(32)9-8-14(29)17(18)23(12)40-27(38)11-6-4-3-5-7-11/h3-9,12-13,16,19-20,23,32,39H,10H2,1-2H3,(H2,30,37)/t12-,13-,16?,19?,20-,23-,28-/m0/s1. The number of fused-ring (bicyclic) bond motifs is 3. The quantitative estimate of drug-likeness (QED) is 0.353. The van der Waals surface area contributed by atoms with E-state index in [0.29, 0.717) is 0 Å². The van der Waals surface area contributed by atoms with Crippen molar-refractivity contribution in [3.05, 3.63) is 64.2 Å². The molecule has 2 aromatic rings. The predicted octanol–water partition coefficient (Wildman–Crippen LogP) is 0.876. The molecule has 12 heteroatoms. The Morgan fingerprint density at radius 1 is 1.05 bits per heavy atom. The molecule has 2 fully saturated rings. The van der Waals surface area contributed by atoms with Crippen LogP contribution in [-0.4, -0.2) is 75.9 Å². The highest BCUT2D eigenvalue weighted by molar-refractivity contribution is 6.34. The summed E-state index contributed by atoms with van der Waals surface area (Å²) < 4.78 is 5.85. The number of ketones is 4. The molecule has 40 heavy (non-hydrogen) atoms. The molecule has 1 amide bonds. The molecule has 0 aliphatic heterocycles. The van der Waals surface area contributed by atoms with Gasteiger partial charge >= 0.3 is 5.97 Å². The zero-order valence-corrected chi connectivity index (χ0v) is 22.1. The summed E-state index contributed by atoms with van der Waals surface area (Å²) in [5.74, 6) is -13.6. The van der Waals surface area contributed by atoms with Crippen LogP contribution < -0.4 is 5.73 Å². The summed E-state index contributed by atoms with van der Waals surface area (Å²) in [4.78, 5) is 81.2. The van der Waals surface area contributed by atoms with Gasteiger partial charge in [0, 0.05) is 22.4 Å². The minimum Gasteiger partial charge on any atom is -0.507 e. The molecule has 11 nitrogen and oxygen atoms in total. The van der Waals surface area contributed by atoms with Crippen LogP contribution in [0.15, 0.2) is 42.5 Å². The first-order valence-electron chi connectivity index (χ1n) is 12.4. The molecule has 0 bridgehead atoms. The van der Waals surface area contributed by atoms with Crippen molar-refractivity contribution >= 4 is 46.6 Å². The Hall–Kier alpha value is -3.93. The van der Waals surface area contributed by atoms with Crippen LogP contribution in [0.4, 0.5) is 0 Å². The van der Waals surface area contributed by atoms with Crippen molar-refractivity contribution in [2.24, 2.45) is 29.4 Å². The molecule has 5 rings (SSSR count). The molecule has 0 spiro atoms. The maximum absolute atomic E-state index is 14.1. The van der Waals surface area contributed by atoms with Gasteiger partial charge in [0.25, 0.3) is 0 Å². The highest BCUT2D eigenvalue weighted by atomic mass is 35.5. The van der Waals surface area contributed by atoms with Gasteiger partial charge in [-0.2, -0.15) is 0 Å². The second kappa shape index (κ2) is 9.61. The Balaban J connectivity index is 1.70. The number of Topliss-reactive ketones (excluding diaryl/α,β-unsaturated/α-hetero) is 4. The number of aromatic hydroxyl groups is 1. The third kappa shape index (κ3) is 3.80. The third-order valence-electron chi connectivity index (χ3n) is 8.20. The minimum absolute atomic E-state index is 0.0208. The van der Waals surface area contributed by atoms with Crippen LogP contribution in [0.1, 0.15) is 38.8 Å². The van der Waals surface area contributed by atoms with Gasteiger partial charge in [-0.15, -0.1) is 0 Å². The molecule has 7 atom stereocenters. The van der Waals surface area contributed by atoms with Crippen molar-refractivity contribution in [1.82, 2.24) is 4.90 Å². The number of halogens is 1. The van der Waals surface area contributed by atoms with E-state index in [1.54, 1.807) is 18.2 Å². The Morgan fingerprint density at radius 3 is 2.30 bits per heavy atom. The number of primary amides is 1. The number of benzene rings is 2. The molecule has 2 saturated carbocycles. The van der Waals surface area contributed by atoms with Crippen LogP contribution in [0.5, 0.6) is 5.75 Å². The van der Waals surface area contributed by atoms with Crippen LogP contribution in [0, 0.1) is 23.7 Å². The highest BCUT2D eigenvalue weighted by Gasteiger charge is 2.70. The molecule has 0 heterocycles. The molecular formula is C28H25ClN2O9. The number of phenolic OH excluding ortho intramolecular Hbond substituents is 1. The average Bonchev–Trinajstić information content (AvgIpc) is 2.90. The van der Waals surface area contributed by atoms with Crippen molar-refractivity contribution in [3.63, 3.8) is 0 Å². The van der Waals surface area contributed by atoms with E-state index in [1.165, 1.54) is 37.2 Å². The zero-order valence-electron chi connectivity index (χ0n) is 21.4. The van der Waals surface area contributed by atoms with Crippen molar-refractivity contribution in [1.29, 1.82) is 0 Å². The van der Waals surface area contributed by atoms with E-state index >= 15 is 0 Å². The molecule has 0 aromatic heterocycles. The van der Waals surface area contributed by atoms with Crippen LogP contribution in [-0.2, 0) is 23.9 Å². The second-order valence-corrected chi connectivity index (χ2v) is 10.9. The summed E-state index contributed by atoms with van der Waals surface area (Å²) in [7, 11) is 2.94. The van der Waals surface area contributed by atoms with E-state index < -0.39 is 82.2 Å². The number of amides is 1. The maximum Gasteiger partial charge on any atom is 0.338 e. The van der Waals surface area contributed by atoms with E-state index in [4.69, 9.17) is 22.1 Å². The monoisotopic (exact) mass is 568 g/mol. The second-order valence-electron chi connectivity index (χ2n) is 10.5. The Morgan fingerprint density at radius 2 is 1.70 bits per heavy atom. The number of hydrogen-bond donors (Lipinski definition) is 3. The fourth-order valence-corrected chi connectivity index (χ4v) is 6.75. The molecule has 2 aromatic carbocycles. The normalized spacial score (nSPS) is 31.3.